The average Bonchev–Trinajstić information content (AvgIpc) is 3.38. The highest BCUT2D eigenvalue weighted by Crippen LogP contribution is 2.49. The summed E-state index contributed by atoms with van der Waals surface area (Å²) in [5.74, 6) is -0.515. The number of hydrogen-bond acceptors (Lipinski definition) is 8. The lowest BCUT2D eigenvalue weighted by Crippen LogP contribution is -2.61. The van der Waals surface area contributed by atoms with Crippen molar-refractivity contribution in [2.45, 2.75) is 102 Å². The van der Waals surface area contributed by atoms with E-state index in [1.165, 1.54) is 26.2 Å². The number of nitrogens with zero attached hydrogens (tertiary/aromatic N) is 4. The monoisotopic (exact) mass is 605 g/mol. The minimum absolute atomic E-state index is 0.251. The van der Waals surface area contributed by atoms with Gasteiger partial charge < -0.3 is 25.8 Å². The number of ether oxygens (including phenoxy) is 1. The van der Waals surface area contributed by atoms with Crippen molar-refractivity contribution in [2.75, 3.05) is 11.9 Å². The smallest absolute Gasteiger partial charge is 0.408 e. The van der Waals surface area contributed by atoms with Crippen LogP contribution >= 0.6 is 0 Å². The minimum Gasteiger partial charge on any atom is -0.444 e. The molecule has 3 aromatic heterocycles. The molecule has 1 atom stereocenters. The molecule has 234 valence electrons. The van der Waals surface area contributed by atoms with Crippen LogP contribution in [-0.4, -0.2) is 66.7 Å². The Morgan fingerprint density at radius 1 is 1.09 bits per heavy atom. The number of hydrogen-bond donors (Lipinski definition) is 4. The molecule has 2 amide bonds. The van der Waals surface area contributed by atoms with E-state index in [1.54, 1.807) is 16.6 Å². The van der Waals surface area contributed by atoms with Crippen LogP contribution < -0.4 is 16.0 Å². The molecule has 4 N–H and O–H groups in total. The number of aromatic nitrogens is 3. The molecule has 12 heteroatoms. The van der Waals surface area contributed by atoms with Gasteiger partial charge in [-0.05, 0) is 97.4 Å². The Labute approximate surface area is 256 Å². The van der Waals surface area contributed by atoms with Gasteiger partial charge in [0.15, 0.2) is 0 Å². The normalized spacial score (nSPS) is 22.2. The molecule has 3 aliphatic carbocycles. The minimum atomic E-state index is -1.66. The predicted octanol–water partition coefficient (Wildman–Crippen LogP) is 4.89. The second-order valence-electron chi connectivity index (χ2n) is 13.7. The van der Waals surface area contributed by atoms with Crippen LogP contribution in [0.1, 0.15) is 89.1 Å². The highest BCUT2D eigenvalue weighted by molar-refractivity contribution is 6.00. The Hall–Kier alpha value is -4.24. The molecule has 0 aliphatic heterocycles. The van der Waals surface area contributed by atoms with E-state index in [2.05, 4.69) is 32.1 Å². The first-order valence-electron chi connectivity index (χ1n) is 14.9. The molecular weight excluding hydrogens is 565 g/mol. The van der Waals surface area contributed by atoms with Crippen LogP contribution in [-0.2, 0) is 4.74 Å². The van der Waals surface area contributed by atoms with Crippen LogP contribution in [0.3, 0.4) is 0 Å². The highest BCUT2D eigenvalue weighted by atomic mass is 19.1. The molecule has 11 nitrogen and oxygen atoms in total. The molecular formula is C32H40FN7O4. The lowest BCUT2D eigenvalue weighted by Gasteiger charge is -2.54. The first-order chi connectivity index (χ1) is 20.6. The molecule has 0 radical (unpaired) electrons. The standard InChI is InChI=1S/C32H40FN7O4/c1-29(2,3)44-28(42)39-32-11-8-31(9-12-32,10-13-32)38-23-15-24(25-7-6-21-14-20(16-34)17-37-40(21)25)35-18-22(23)27(41)36-19-26(33)30(4,5)43/h6-7,14-15,17-18,26,43H,8-13,19H2,1-5H3,(H,35,38)(H,36,41)(H,39,42)/t26-,31?,32?/m1/s1. The number of amides is 2. The number of pyridine rings is 1. The predicted molar refractivity (Wildman–Crippen MR) is 163 cm³/mol. The van der Waals surface area contributed by atoms with Gasteiger partial charge in [0, 0.05) is 17.3 Å². The van der Waals surface area contributed by atoms with Gasteiger partial charge in [-0.15, -0.1) is 0 Å². The van der Waals surface area contributed by atoms with Gasteiger partial charge in [-0.3, -0.25) is 9.78 Å². The van der Waals surface area contributed by atoms with Crippen LogP contribution in [0.5, 0.6) is 0 Å². The molecule has 3 aromatic rings. The molecule has 3 saturated carbocycles. The van der Waals surface area contributed by atoms with Crippen molar-refractivity contribution in [3.8, 4) is 17.5 Å². The number of nitriles is 1. The summed E-state index contributed by atoms with van der Waals surface area (Å²) < 4.78 is 21.7. The van der Waals surface area contributed by atoms with E-state index in [1.807, 2.05) is 32.9 Å². The lowest BCUT2D eigenvalue weighted by atomic mass is 9.61. The van der Waals surface area contributed by atoms with Gasteiger partial charge in [-0.2, -0.15) is 10.4 Å². The summed E-state index contributed by atoms with van der Waals surface area (Å²) in [6.45, 7) is 7.87. The second-order valence-corrected chi connectivity index (χ2v) is 13.7. The van der Waals surface area contributed by atoms with Gasteiger partial charge in [0.1, 0.15) is 17.8 Å². The maximum Gasteiger partial charge on any atom is 0.408 e. The summed E-state index contributed by atoms with van der Waals surface area (Å²) in [5, 5.41) is 33.0. The van der Waals surface area contributed by atoms with Crippen LogP contribution in [0.25, 0.3) is 16.9 Å². The van der Waals surface area contributed by atoms with Gasteiger partial charge in [-0.25, -0.2) is 13.7 Å². The molecule has 0 unspecified atom stereocenters. The number of alkyl carbamates (subject to hydrolysis) is 1. The zero-order valence-corrected chi connectivity index (χ0v) is 25.8. The van der Waals surface area contributed by atoms with Gasteiger partial charge >= 0.3 is 6.09 Å². The number of halogens is 1. The fraction of sp³-hybridized carbons (Fsp3) is 0.531. The number of rotatable bonds is 8. The Kier molecular flexibility index (Phi) is 8.05. The van der Waals surface area contributed by atoms with Crippen molar-refractivity contribution in [1.82, 2.24) is 25.2 Å². The fourth-order valence-electron chi connectivity index (χ4n) is 6.03. The molecule has 0 saturated heterocycles. The van der Waals surface area contributed by atoms with Gasteiger partial charge in [0.2, 0.25) is 0 Å². The molecule has 3 heterocycles. The molecule has 2 bridgehead atoms. The number of fused-ring (bicyclic) bond motifs is 4. The topological polar surface area (TPSA) is 154 Å². The molecule has 0 spiro atoms. The van der Waals surface area contributed by atoms with Crippen molar-refractivity contribution in [2.24, 2.45) is 0 Å². The number of alkyl halides is 1. The molecule has 3 aliphatic rings. The quantitative estimate of drug-likeness (QED) is 0.283. The Morgan fingerprint density at radius 3 is 2.36 bits per heavy atom. The number of nitrogens with one attached hydrogen (secondary N) is 3. The summed E-state index contributed by atoms with van der Waals surface area (Å²) >= 11 is 0. The van der Waals surface area contributed by atoms with Crippen molar-refractivity contribution >= 4 is 23.2 Å². The Bertz CT molecular complexity index is 1590. The second kappa shape index (κ2) is 11.4. The fourth-order valence-corrected chi connectivity index (χ4v) is 6.03. The number of anilines is 1. The molecule has 6 rings (SSSR count). The summed E-state index contributed by atoms with van der Waals surface area (Å²) in [4.78, 5) is 30.5. The van der Waals surface area contributed by atoms with Gasteiger partial charge in [-0.1, -0.05) is 0 Å². The Morgan fingerprint density at radius 2 is 1.75 bits per heavy atom. The van der Waals surface area contributed by atoms with Crippen molar-refractivity contribution in [1.29, 1.82) is 5.26 Å². The molecule has 0 aromatic carbocycles. The SMILES string of the molecule is CC(C)(C)OC(=O)NC12CCC(Nc3cc(-c4ccc5cc(C#N)cnn45)ncc3C(=O)NC[C@@H](F)C(C)(C)O)(CC1)CC2. The summed E-state index contributed by atoms with van der Waals surface area (Å²) in [6, 6.07) is 9.31. The zero-order valence-electron chi connectivity index (χ0n) is 25.8. The van der Waals surface area contributed by atoms with Crippen molar-refractivity contribution in [3.05, 3.63) is 47.8 Å². The van der Waals surface area contributed by atoms with Crippen molar-refractivity contribution < 1.29 is 23.8 Å². The van der Waals surface area contributed by atoms with E-state index in [-0.39, 0.29) is 23.2 Å². The number of carbonyl (C=O) groups excluding carboxylic acids is 2. The van der Waals surface area contributed by atoms with E-state index in [0.29, 0.717) is 22.6 Å². The molecule has 44 heavy (non-hydrogen) atoms. The van der Waals surface area contributed by atoms with E-state index >= 15 is 0 Å². The van der Waals surface area contributed by atoms with Crippen LogP contribution in [0.2, 0.25) is 0 Å². The summed E-state index contributed by atoms with van der Waals surface area (Å²) in [7, 11) is 0. The summed E-state index contributed by atoms with van der Waals surface area (Å²) in [5.41, 5.74) is 0.361. The zero-order chi connectivity index (χ0) is 31.9. The van der Waals surface area contributed by atoms with E-state index in [4.69, 9.17) is 4.74 Å². The third-order valence-corrected chi connectivity index (χ3v) is 8.66. The third-order valence-electron chi connectivity index (χ3n) is 8.66. The largest absolute Gasteiger partial charge is 0.444 e. The molecule has 3 fully saturated rings. The van der Waals surface area contributed by atoms with E-state index < -0.39 is 29.4 Å². The maximum atomic E-state index is 14.5. The maximum absolute atomic E-state index is 14.5. The first-order valence-corrected chi connectivity index (χ1v) is 14.9. The van der Waals surface area contributed by atoms with Gasteiger partial charge in [0.25, 0.3) is 5.91 Å². The average molecular weight is 606 g/mol. The lowest BCUT2D eigenvalue weighted by molar-refractivity contribution is -0.00179. The first kappa shape index (κ1) is 31.2. The van der Waals surface area contributed by atoms with Crippen LogP contribution in [0, 0.1) is 11.3 Å². The number of aliphatic hydroxyl groups is 1. The Balaban J connectivity index is 1.42. The highest BCUT2D eigenvalue weighted by Gasteiger charge is 2.50. The summed E-state index contributed by atoms with van der Waals surface area (Å²) in [6.07, 6.45) is 5.42. The van der Waals surface area contributed by atoms with Crippen LogP contribution in [0.15, 0.2) is 36.7 Å². The third kappa shape index (κ3) is 6.63. The number of carbonyl (C=O) groups is 2. The van der Waals surface area contributed by atoms with Crippen LogP contribution in [0.4, 0.5) is 14.9 Å². The van der Waals surface area contributed by atoms with Crippen molar-refractivity contribution in [3.63, 3.8) is 0 Å². The van der Waals surface area contributed by atoms with Gasteiger partial charge in [0.05, 0.1) is 52.1 Å². The van der Waals surface area contributed by atoms with E-state index in [0.717, 1.165) is 44.0 Å². The van der Waals surface area contributed by atoms with E-state index in [9.17, 15) is 24.3 Å².